The van der Waals surface area contributed by atoms with Gasteiger partial charge in [-0.3, -0.25) is 9.88 Å². The summed E-state index contributed by atoms with van der Waals surface area (Å²) in [5, 5.41) is 4.30. The summed E-state index contributed by atoms with van der Waals surface area (Å²) in [4.78, 5) is 8.82. The SMILES string of the molecule is Cn1cnn(CN2CCN(c3ccncc3)CC2)c1=S. The molecule has 0 radical (unpaired) electrons. The van der Waals surface area contributed by atoms with Crippen LogP contribution in [-0.2, 0) is 13.7 Å². The normalized spacial score (nSPS) is 16.6. The van der Waals surface area contributed by atoms with Gasteiger partial charge in [0, 0.05) is 51.3 Å². The Balaban J connectivity index is 1.59. The zero-order chi connectivity index (χ0) is 13.9. The summed E-state index contributed by atoms with van der Waals surface area (Å²) >= 11 is 5.31. The summed E-state index contributed by atoms with van der Waals surface area (Å²) in [6.07, 6.45) is 5.44. The van der Waals surface area contributed by atoms with Gasteiger partial charge in [-0.1, -0.05) is 0 Å². The van der Waals surface area contributed by atoms with Crippen molar-refractivity contribution in [3.8, 4) is 0 Å². The number of pyridine rings is 1. The highest BCUT2D eigenvalue weighted by Gasteiger charge is 2.17. The third kappa shape index (κ3) is 2.73. The average Bonchev–Trinajstić information content (AvgIpc) is 2.81. The van der Waals surface area contributed by atoms with Crippen LogP contribution in [0.25, 0.3) is 0 Å². The van der Waals surface area contributed by atoms with Gasteiger partial charge < -0.3 is 9.47 Å². The fraction of sp³-hybridized carbons (Fsp3) is 0.462. The molecule has 7 heteroatoms. The fourth-order valence-electron chi connectivity index (χ4n) is 2.41. The van der Waals surface area contributed by atoms with Crippen molar-refractivity contribution in [1.82, 2.24) is 24.2 Å². The zero-order valence-electron chi connectivity index (χ0n) is 11.5. The topological polar surface area (TPSA) is 42.1 Å². The molecule has 0 saturated carbocycles. The van der Waals surface area contributed by atoms with E-state index in [9.17, 15) is 0 Å². The van der Waals surface area contributed by atoms with Crippen LogP contribution in [-0.4, -0.2) is 50.4 Å². The largest absolute Gasteiger partial charge is 0.369 e. The number of aryl methyl sites for hydroxylation is 1. The minimum Gasteiger partial charge on any atom is -0.369 e. The molecule has 1 saturated heterocycles. The number of aromatic nitrogens is 4. The molecule has 6 nitrogen and oxygen atoms in total. The molecule has 0 spiro atoms. The third-order valence-electron chi connectivity index (χ3n) is 3.62. The summed E-state index contributed by atoms with van der Waals surface area (Å²) in [5.74, 6) is 0. The number of rotatable bonds is 3. The first-order chi connectivity index (χ1) is 9.74. The molecule has 0 amide bonds. The summed E-state index contributed by atoms with van der Waals surface area (Å²) in [6.45, 7) is 4.83. The highest BCUT2D eigenvalue weighted by molar-refractivity contribution is 7.71. The molecule has 3 rings (SSSR count). The molecule has 0 aromatic carbocycles. The molecule has 1 fully saturated rings. The number of hydrogen-bond acceptors (Lipinski definition) is 5. The monoisotopic (exact) mass is 290 g/mol. The molecule has 106 valence electrons. The van der Waals surface area contributed by atoms with E-state index in [4.69, 9.17) is 12.2 Å². The summed E-state index contributed by atoms with van der Waals surface area (Å²) < 4.78 is 4.50. The lowest BCUT2D eigenvalue weighted by atomic mass is 10.3. The maximum Gasteiger partial charge on any atom is 0.198 e. The number of hydrogen-bond donors (Lipinski definition) is 0. The van der Waals surface area contributed by atoms with Gasteiger partial charge in [0.25, 0.3) is 0 Å². The van der Waals surface area contributed by atoms with Crippen molar-refractivity contribution in [2.75, 3.05) is 31.1 Å². The van der Waals surface area contributed by atoms with Crippen LogP contribution in [0, 0.1) is 4.77 Å². The van der Waals surface area contributed by atoms with Gasteiger partial charge in [-0.25, -0.2) is 4.68 Å². The summed E-state index contributed by atoms with van der Waals surface area (Å²) in [7, 11) is 1.92. The first-order valence-electron chi connectivity index (χ1n) is 6.70. The van der Waals surface area contributed by atoms with Gasteiger partial charge in [0.05, 0.1) is 6.67 Å². The zero-order valence-corrected chi connectivity index (χ0v) is 12.3. The fourth-order valence-corrected chi connectivity index (χ4v) is 2.56. The first kappa shape index (κ1) is 13.3. The molecule has 0 aliphatic carbocycles. The standard InChI is InChI=1S/C13H18N6S/c1-16-10-15-19(13(16)20)11-17-6-8-18(9-7-17)12-2-4-14-5-3-12/h2-5,10H,6-9,11H2,1H3. The maximum absolute atomic E-state index is 5.31. The highest BCUT2D eigenvalue weighted by Crippen LogP contribution is 2.14. The predicted octanol–water partition coefficient (Wildman–Crippen LogP) is 1.13. The minimum atomic E-state index is 0.765. The van der Waals surface area contributed by atoms with Crippen molar-refractivity contribution in [2.24, 2.45) is 7.05 Å². The van der Waals surface area contributed by atoms with E-state index < -0.39 is 0 Å². The van der Waals surface area contributed by atoms with Crippen LogP contribution >= 0.6 is 12.2 Å². The Kier molecular flexibility index (Phi) is 3.79. The van der Waals surface area contributed by atoms with Crippen molar-refractivity contribution in [3.63, 3.8) is 0 Å². The molecule has 1 aliphatic rings. The van der Waals surface area contributed by atoms with E-state index in [-0.39, 0.29) is 0 Å². The third-order valence-corrected chi connectivity index (χ3v) is 4.12. The van der Waals surface area contributed by atoms with Crippen molar-refractivity contribution in [1.29, 1.82) is 0 Å². The molecular weight excluding hydrogens is 272 g/mol. The van der Waals surface area contributed by atoms with E-state index in [2.05, 4.69) is 32.0 Å². The Morgan fingerprint density at radius 3 is 2.45 bits per heavy atom. The van der Waals surface area contributed by atoms with Gasteiger partial charge in [-0.2, -0.15) is 5.10 Å². The van der Waals surface area contributed by atoms with Crippen LogP contribution in [0.1, 0.15) is 0 Å². The van der Waals surface area contributed by atoms with Gasteiger partial charge in [-0.05, 0) is 24.4 Å². The van der Waals surface area contributed by atoms with Gasteiger partial charge in [-0.15, -0.1) is 0 Å². The van der Waals surface area contributed by atoms with E-state index in [1.807, 2.05) is 28.7 Å². The highest BCUT2D eigenvalue weighted by atomic mass is 32.1. The van der Waals surface area contributed by atoms with Crippen LogP contribution in [0.15, 0.2) is 30.9 Å². The lowest BCUT2D eigenvalue weighted by Gasteiger charge is -2.35. The van der Waals surface area contributed by atoms with E-state index in [0.29, 0.717) is 0 Å². The molecule has 1 aliphatic heterocycles. The molecule has 20 heavy (non-hydrogen) atoms. The predicted molar refractivity (Wildman–Crippen MR) is 80.1 cm³/mol. The Hall–Kier alpha value is -1.73. The van der Waals surface area contributed by atoms with Gasteiger partial charge in [0.2, 0.25) is 0 Å². The van der Waals surface area contributed by atoms with E-state index >= 15 is 0 Å². The van der Waals surface area contributed by atoms with Gasteiger partial charge >= 0.3 is 0 Å². The average molecular weight is 290 g/mol. The second-order valence-corrected chi connectivity index (χ2v) is 5.34. The molecule has 0 N–H and O–H groups in total. The van der Waals surface area contributed by atoms with Crippen molar-refractivity contribution >= 4 is 17.9 Å². The second kappa shape index (κ2) is 5.72. The molecule has 2 aromatic rings. The van der Waals surface area contributed by atoms with Crippen LogP contribution < -0.4 is 4.90 Å². The molecule has 0 atom stereocenters. The lowest BCUT2D eigenvalue weighted by molar-refractivity contribution is 0.194. The summed E-state index contributed by atoms with van der Waals surface area (Å²) in [6, 6.07) is 4.12. The van der Waals surface area contributed by atoms with E-state index in [0.717, 1.165) is 37.6 Å². The summed E-state index contributed by atoms with van der Waals surface area (Å²) in [5.41, 5.74) is 1.24. The smallest absolute Gasteiger partial charge is 0.198 e. The van der Waals surface area contributed by atoms with Crippen LogP contribution in [0.4, 0.5) is 5.69 Å². The number of piperazine rings is 1. The van der Waals surface area contributed by atoms with E-state index in [1.54, 1.807) is 6.33 Å². The van der Waals surface area contributed by atoms with Gasteiger partial charge in [0.1, 0.15) is 6.33 Å². The Morgan fingerprint density at radius 2 is 1.85 bits per heavy atom. The second-order valence-electron chi connectivity index (χ2n) is 4.98. The Morgan fingerprint density at radius 1 is 1.15 bits per heavy atom. The first-order valence-corrected chi connectivity index (χ1v) is 7.10. The Labute approximate surface area is 123 Å². The number of anilines is 1. The molecule has 2 aromatic heterocycles. The minimum absolute atomic E-state index is 0.765. The van der Waals surface area contributed by atoms with Gasteiger partial charge in [0.15, 0.2) is 4.77 Å². The van der Waals surface area contributed by atoms with Crippen LogP contribution in [0.2, 0.25) is 0 Å². The van der Waals surface area contributed by atoms with E-state index in [1.165, 1.54) is 5.69 Å². The lowest BCUT2D eigenvalue weighted by Crippen LogP contribution is -2.47. The molecular formula is C13H18N6S. The maximum atomic E-state index is 5.31. The quantitative estimate of drug-likeness (QED) is 0.793. The molecule has 0 bridgehead atoms. The molecule has 3 heterocycles. The van der Waals surface area contributed by atoms with Crippen molar-refractivity contribution in [2.45, 2.75) is 6.67 Å². The van der Waals surface area contributed by atoms with Crippen molar-refractivity contribution in [3.05, 3.63) is 35.6 Å². The van der Waals surface area contributed by atoms with Crippen LogP contribution in [0.3, 0.4) is 0 Å². The Bertz CT molecular complexity index is 611. The molecule has 0 unspecified atom stereocenters. The van der Waals surface area contributed by atoms with Crippen molar-refractivity contribution < 1.29 is 0 Å². The van der Waals surface area contributed by atoms with Crippen LogP contribution in [0.5, 0.6) is 0 Å². The number of nitrogens with zero attached hydrogens (tertiary/aromatic N) is 6.